The molecule has 116 valence electrons. The fourth-order valence-corrected chi connectivity index (χ4v) is 2.24. The van der Waals surface area contributed by atoms with Gasteiger partial charge in [-0.2, -0.15) is 0 Å². The van der Waals surface area contributed by atoms with Gasteiger partial charge in [-0.25, -0.2) is 0 Å². The zero-order valence-corrected chi connectivity index (χ0v) is 13.0. The molecule has 2 N–H and O–H groups in total. The highest BCUT2D eigenvalue weighted by Crippen LogP contribution is 2.24. The molecule has 0 aliphatic heterocycles. The lowest BCUT2D eigenvalue weighted by Crippen LogP contribution is -2.11. The number of unbranched alkanes of at least 4 members (excludes halogenated alkanes) is 6. The summed E-state index contributed by atoms with van der Waals surface area (Å²) in [6, 6.07) is 5.21. The monoisotopic (exact) mass is 289 g/mol. The van der Waals surface area contributed by atoms with Crippen molar-refractivity contribution in [2.45, 2.75) is 58.3 Å². The van der Waals surface area contributed by atoms with Crippen LogP contribution in [0.4, 0.5) is 5.69 Å². The van der Waals surface area contributed by atoms with Crippen molar-refractivity contribution in [1.29, 1.82) is 0 Å². The number of phenols is 1. The van der Waals surface area contributed by atoms with Crippen LogP contribution in [0.5, 0.6) is 5.75 Å². The number of hydrogen-bond acceptors (Lipinski definition) is 2. The first-order valence-electron chi connectivity index (χ1n) is 7.84. The molecule has 0 bridgehead atoms. The summed E-state index contributed by atoms with van der Waals surface area (Å²) in [7, 11) is 0. The molecule has 3 nitrogen and oxygen atoms in total. The molecular formula is C18H27NO2. The average molecular weight is 289 g/mol. The van der Waals surface area contributed by atoms with Crippen LogP contribution in [0.15, 0.2) is 30.9 Å². The van der Waals surface area contributed by atoms with Crippen molar-refractivity contribution in [2.75, 3.05) is 5.32 Å². The number of phenolic OH excluding ortho intramolecular Hbond substituents is 1. The van der Waals surface area contributed by atoms with E-state index < -0.39 is 0 Å². The highest BCUT2D eigenvalue weighted by molar-refractivity contribution is 5.92. The maximum Gasteiger partial charge on any atom is 0.224 e. The molecule has 1 rings (SSSR count). The molecule has 0 atom stereocenters. The number of benzene rings is 1. The number of rotatable bonds is 10. The first-order valence-corrected chi connectivity index (χ1v) is 7.84. The van der Waals surface area contributed by atoms with Crippen molar-refractivity contribution >= 4 is 11.6 Å². The number of carbonyl (C=O) groups excluding carboxylic acids is 1. The van der Waals surface area contributed by atoms with E-state index in [1.165, 1.54) is 25.7 Å². The van der Waals surface area contributed by atoms with Crippen molar-refractivity contribution < 1.29 is 9.90 Å². The fourth-order valence-electron chi connectivity index (χ4n) is 2.24. The summed E-state index contributed by atoms with van der Waals surface area (Å²) in [5.74, 6) is 0.0960. The van der Waals surface area contributed by atoms with E-state index in [1.54, 1.807) is 12.1 Å². The van der Waals surface area contributed by atoms with Gasteiger partial charge in [-0.15, -0.1) is 6.58 Å². The van der Waals surface area contributed by atoms with Crippen molar-refractivity contribution in [2.24, 2.45) is 0 Å². The minimum atomic E-state index is -0.0254. The van der Waals surface area contributed by atoms with Gasteiger partial charge in [0.25, 0.3) is 0 Å². The summed E-state index contributed by atoms with van der Waals surface area (Å²) in [5.41, 5.74) is 1.52. The minimum Gasteiger partial charge on any atom is -0.506 e. The summed E-state index contributed by atoms with van der Waals surface area (Å²) in [4.78, 5) is 11.8. The molecule has 21 heavy (non-hydrogen) atoms. The zero-order valence-electron chi connectivity index (χ0n) is 13.0. The van der Waals surface area contributed by atoms with Gasteiger partial charge in [0.1, 0.15) is 5.75 Å². The number of amides is 1. The number of hydrogen-bond donors (Lipinski definition) is 2. The third kappa shape index (κ3) is 7.54. The zero-order chi connectivity index (χ0) is 15.5. The summed E-state index contributed by atoms with van der Waals surface area (Å²) < 4.78 is 0. The van der Waals surface area contributed by atoms with Crippen molar-refractivity contribution in [3.63, 3.8) is 0 Å². The highest BCUT2D eigenvalue weighted by Gasteiger charge is 2.06. The summed E-state index contributed by atoms with van der Waals surface area (Å²) >= 11 is 0. The molecule has 0 aromatic heterocycles. The van der Waals surface area contributed by atoms with E-state index in [9.17, 15) is 9.90 Å². The maximum absolute atomic E-state index is 11.8. The SMILES string of the molecule is C=CCCCCCCCCC(=O)Nc1cc(C)ccc1O. The van der Waals surface area contributed by atoms with Gasteiger partial charge in [-0.3, -0.25) is 4.79 Å². The molecule has 0 spiro atoms. The van der Waals surface area contributed by atoms with E-state index in [0.717, 1.165) is 24.8 Å². The van der Waals surface area contributed by atoms with E-state index in [4.69, 9.17) is 0 Å². The Balaban J connectivity index is 2.14. The number of allylic oxidation sites excluding steroid dienone is 1. The molecule has 0 saturated heterocycles. The van der Waals surface area contributed by atoms with Gasteiger partial charge in [0.05, 0.1) is 5.69 Å². The molecule has 0 fully saturated rings. The van der Waals surface area contributed by atoms with Crippen molar-refractivity contribution in [1.82, 2.24) is 0 Å². The van der Waals surface area contributed by atoms with Gasteiger partial charge in [-0.05, 0) is 43.9 Å². The van der Waals surface area contributed by atoms with Gasteiger partial charge in [0.15, 0.2) is 0 Å². The van der Waals surface area contributed by atoms with Crippen LogP contribution in [0.1, 0.15) is 56.9 Å². The molecule has 0 aliphatic carbocycles. The lowest BCUT2D eigenvalue weighted by molar-refractivity contribution is -0.116. The molecule has 1 amide bonds. The Morgan fingerprint density at radius 1 is 1.19 bits per heavy atom. The van der Waals surface area contributed by atoms with Crippen molar-refractivity contribution in [3.05, 3.63) is 36.4 Å². The third-order valence-electron chi connectivity index (χ3n) is 3.49. The Labute approximate surface area is 128 Å². The fraction of sp³-hybridized carbons (Fsp3) is 0.500. The van der Waals surface area contributed by atoms with Crippen molar-refractivity contribution in [3.8, 4) is 5.75 Å². The van der Waals surface area contributed by atoms with Crippen LogP contribution in [-0.2, 0) is 4.79 Å². The van der Waals surface area contributed by atoms with E-state index >= 15 is 0 Å². The molecule has 0 unspecified atom stereocenters. The van der Waals surface area contributed by atoms with Crippen LogP contribution in [0.25, 0.3) is 0 Å². The van der Waals surface area contributed by atoms with Crippen LogP contribution >= 0.6 is 0 Å². The lowest BCUT2D eigenvalue weighted by Gasteiger charge is -2.08. The summed E-state index contributed by atoms with van der Waals surface area (Å²) in [5, 5.41) is 12.4. The van der Waals surface area contributed by atoms with Crippen LogP contribution in [0.2, 0.25) is 0 Å². The smallest absolute Gasteiger partial charge is 0.224 e. The molecule has 1 aromatic rings. The Hall–Kier alpha value is -1.77. The van der Waals surface area contributed by atoms with E-state index in [2.05, 4.69) is 11.9 Å². The number of nitrogens with one attached hydrogen (secondary N) is 1. The Kier molecular flexibility index (Phi) is 8.25. The first kappa shape index (κ1) is 17.3. The van der Waals surface area contributed by atoms with Gasteiger partial charge in [-0.1, -0.05) is 37.8 Å². The molecule has 3 heteroatoms. The predicted octanol–water partition coefficient (Wildman–Crippen LogP) is 4.95. The molecular weight excluding hydrogens is 262 g/mol. The first-order chi connectivity index (χ1) is 10.1. The van der Waals surface area contributed by atoms with Crippen LogP contribution in [0, 0.1) is 6.92 Å². The second-order valence-corrected chi connectivity index (χ2v) is 5.52. The number of aromatic hydroxyl groups is 1. The van der Waals surface area contributed by atoms with Gasteiger partial charge in [0, 0.05) is 6.42 Å². The highest BCUT2D eigenvalue weighted by atomic mass is 16.3. The van der Waals surface area contributed by atoms with Crippen LogP contribution < -0.4 is 5.32 Å². The third-order valence-corrected chi connectivity index (χ3v) is 3.49. The Morgan fingerprint density at radius 2 is 1.86 bits per heavy atom. The second-order valence-electron chi connectivity index (χ2n) is 5.52. The van der Waals surface area contributed by atoms with E-state index in [1.807, 2.05) is 19.1 Å². The molecule has 0 aliphatic rings. The predicted molar refractivity (Wildman–Crippen MR) is 88.6 cm³/mol. The topological polar surface area (TPSA) is 49.3 Å². The normalized spacial score (nSPS) is 10.3. The average Bonchev–Trinajstić information content (AvgIpc) is 2.46. The minimum absolute atomic E-state index is 0.0254. The quantitative estimate of drug-likeness (QED) is 0.364. The lowest BCUT2D eigenvalue weighted by atomic mass is 10.1. The summed E-state index contributed by atoms with van der Waals surface area (Å²) in [6.45, 7) is 5.64. The van der Waals surface area contributed by atoms with Gasteiger partial charge < -0.3 is 10.4 Å². The van der Waals surface area contributed by atoms with Crippen LogP contribution in [0.3, 0.4) is 0 Å². The number of anilines is 1. The largest absolute Gasteiger partial charge is 0.506 e. The Morgan fingerprint density at radius 3 is 2.57 bits per heavy atom. The number of carbonyl (C=O) groups is 1. The second kappa shape index (κ2) is 10.0. The maximum atomic E-state index is 11.8. The molecule has 0 saturated carbocycles. The van der Waals surface area contributed by atoms with Gasteiger partial charge >= 0.3 is 0 Å². The van der Waals surface area contributed by atoms with Gasteiger partial charge in [0.2, 0.25) is 5.91 Å². The van der Waals surface area contributed by atoms with E-state index in [0.29, 0.717) is 12.1 Å². The molecule has 0 heterocycles. The summed E-state index contributed by atoms with van der Waals surface area (Å²) in [6.07, 6.45) is 10.4. The standard InChI is InChI=1S/C18H27NO2/c1-3-4-5-6-7-8-9-10-11-18(21)19-16-14-15(2)12-13-17(16)20/h3,12-14,20H,1,4-11H2,2H3,(H,19,21). The van der Waals surface area contributed by atoms with E-state index in [-0.39, 0.29) is 11.7 Å². The molecule has 0 radical (unpaired) electrons. The van der Waals surface area contributed by atoms with Crippen LogP contribution in [-0.4, -0.2) is 11.0 Å². The number of aryl methyl sites for hydroxylation is 1. The molecule has 1 aromatic carbocycles. The Bertz CT molecular complexity index is 455.